The van der Waals surface area contributed by atoms with Gasteiger partial charge in [0.25, 0.3) is 0 Å². The van der Waals surface area contributed by atoms with E-state index in [0.717, 1.165) is 5.39 Å². The Morgan fingerprint density at radius 2 is 2.17 bits per heavy atom. The topological polar surface area (TPSA) is 71.8 Å². The van der Waals surface area contributed by atoms with Gasteiger partial charge in [0.1, 0.15) is 16.3 Å². The maximum absolute atomic E-state index is 11.8. The molecule has 3 aromatic rings. The van der Waals surface area contributed by atoms with Gasteiger partial charge in [0, 0.05) is 5.39 Å². The van der Waals surface area contributed by atoms with E-state index in [9.17, 15) is 4.79 Å². The maximum Gasteiger partial charge on any atom is 0.350 e. The minimum Gasteiger partial charge on any atom is -0.422 e. The Kier molecular flexibility index (Phi) is 2.64. The number of aromatic amines is 1. The van der Waals surface area contributed by atoms with E-state index in [-0.39, 0.29) is 5.63 Å². The Morgan fingerprint density at radius 3 is 2.94 bits per heavy atom. The van der Waals surface area contributed by atoms with E-state index >= 15 is 0 Å². The van der Waals surface area contributed by atoms with Crippen molar-refractivity contribution in [2.24, 2.45) is 0 Å². The summed E-state index contributed by atoms with van der Waals surface area (Å²) in [5.41, 5.74) is 0.208. The summed E-state index contributed by atoms with van der Waals surface area (Å²) in [6.07, 6.45) is 0. The first-order valence-electron chi connectivity index (χ1n) is 5.32. The summed E-state index contributed by atoms with van der Waals surface area (Å²) in [4.78, 5) is 16.4. The van der Waals surface area contributed by atoms with Crippen molar-refractivity contribution in [3.05, 3.63) is 46.6 Å². The molecule has 0 amide bonds. The molecular formula is C12H9N3O2S. The van der Waals surface area contributed by atoms with Crippen molar-refractivity contribution in [1.29, 1.82) is 0 Å². The normalized spacial score (nSPS) is 10.9. The molecule has 0 aliphatic rings. The fraction of sp³-hybridized carbons (Fsp3) is 0.0833. The SMILES string of the molecule is Cc1nc(Sc2cc3ccccc3oc2=O)n[nH]1. The van der Waals surface area contributed by atoms with E-state index in [4.69, 9.17) is 4.42 Å². The molecule has 2 aromatic heterocycles. The van der Waals surface area contributed by atoms with Gasteiger partial charge < -0.3 is 4.42 Å². The average molecular weight is 259 g/mol. The predicted octanol–water partition coefficient (Wildman–Crippen LogP) is 2.37. The summed E-state index contributed by atoms with van der Waals surface area (Å²) in [7, 11) is 0. The molecule has 0 bridgehead atoms. The largest absolute Gasteiger partial charge is 0.422 e. The van der Waals surface area contributed by atoms with Crippen LogP contribution < -0.4 is 5.63 Å². The molecule has 90 valence electrons. The Labute approximate surface area is 106 Å². The highest BCUT2D eigenvalue weighted by atomic mass is 32.2. The molecule has 0 radical (unpaired) electrons. The third kappa shape index (κ3) is 2.02. The number of benzene rings is 1. The number of rotatable bonds is 2. The summed E-state index contributed by atoms with van der Waals surface area (Å²) < 4.78 is 5.23. The van der Waals surface area contributed by atoms with Crippen LogP contribution in [0, 0.1) is 6.92 Å². The molecule has 1 N–H and O–H groups in total. The minimum atomic E-state index is -0.374. The molecule has 2 heterocycles. The molecule has 0 aliphatic carbocycles. The van der Waals surface area contributed by atoms with Gasteiger partial charge in [0.15, 0.2) is 0 Å². The van der Waals surface area contributed by atoms with Crippen LogP contribution in [0.25, 0.3) is 11.0 Å². The molecule has 0 unspecified atom stereocenters. The maximum atomic E-state index is 11.8. The number of H-pyrrole nitrogens is 1. The van der Waals surface area contributed by atoms with Gasteiger partial charge in [-0.3, -0.25) is 5.10 Å². The average Bonchev–Trinajstić information content (AvgIpc) is 2.76. The number of nitrogens with one attached hydrogen (secondary N) is 1. The number of fused-ring (bicyclic) bond motifs is 1. The van der Waals surface area contributed by atoms with Crippen LogP contribution in [0.2, 0.25) is 0 Å². The van der Waals surface area contributed by atoms with Crippen LogP contribution in [0.4, 0.5) is 0 Å². The Morgan fingerprint density at radius 1 is 1.33 bits per heavy atom. The highest BCUT2D eigenvalue weighted by Gasteiger charge is 2.09. The summed E-state index contributed by atoms with van der Waals surface area (Å²) in [6.45, 7) is 1.81. The molecule has 0 fully saturated rings. The van der Waals surface area contributed by atoms with Crippen molar-refractivity contribution in [3.63, 3.8) is 0 Å². The minimum absolute atomic E-state index is 0.374. The van der Waals surface area contributed by atoms with Gasteiger partial charge >= 0.3 is 5.63 Å². The summed E-state index contributed by atoms with van der Waals surface area (Å²) in [5.74, 6) is 0.711. The number of aromatic nitrogens is 3. The van der Waals surface area contributed by atoms with Crippen LogP contribution in [0.15, 0.2) is 49.6 Å². The molecule has 5 nitrogen and oxygen atoms in total. The van der Waals surface area contributed by atoms with Gasteiger partial charge in [-0.05, 0) is 30.8 Å². The van der Waals surface area contributed by atoms with Crippen molar-refractivity contribution in [1.82, 2.24) is 15.2 Å². The Hall–Kier alpha value is -2.08. The molecule has 0 atom stereocenters. The number of aryl methyl sites for hydroxylation is 1. The van der Waals surface area contributed by atoms with Crippen molar-refractivity contribution in [3.8, 4) is 0 Å². The molecule has 1 aromatic carbocycles. The Bertz CT molecular complexity index is 763. The monoisotopic (exact) mass is 259 g/mol. The lowest BCUT2D eigenvalue weighted by molar-refractivity contribution is 0.543. The fourth-order valence-electron chi connectivity index (χ4n) is 1.58. The second kappa shape index (κ2) is 4.30. The van der Waals surface area contributed by atoms with E-state index in [0.29, 0.717) is 21.5 Å². The fourth-order valence-corrected chi connectivity index (χ4v) is 2.36. The number of hydrogen-bond acceptors (Lipinski definition) is 5. The van der Waals surface area contributed by atoms with Gasteiger partial charge in [-0.2, -0.15) is 0 Å². The highest BCUT2D eigenvalue weighted by Crippen LogP contribution is 2.24. The van der Waals surface area contributed by atoms with Crippen LogP contribution >= 0.6 is 11.8 Å². The predicted molar refractivity (Wildman–Crippen MR) is 67.7 cm³/mol. The number of nitrogens with zero attached hydrogens (tertiary/aromatic N) is 2. The molecule has 6 heteroatoms. The van der Waals surface area contributed by atoms with Crippen LogP contribution in [0.1, 0.15) is 5.82 Å². The van der Waals surface area contributed by atoms with E-state index in [1.165, 1.54) is 11.8 Å². The molecule has 0 saturated carbocycles. The van der Waals surface area contributed by atoms with Crippen molar-refractivity contribution in [2.75, 3.05) is 0 Å². The Balaban J connectivity index is 2.06. The van der Waals surface area contributed by atoms with E-state index in [1.807, 2.05) is 18.2 Å². The second-order valence-corrected chi connectivity index (χ2v) is 4.75. The smallest absolute Gasteiger partial charge is 0.350 e. The second-order valence-electron chi connectivity index (χ2n) is 3.74. The van der Waals surface area contributed by atoms with Gasteiger partial charge in [0.2, 0.25) is 5.16 Å². The zero-order chi connectivity index (χ0) is 12.5. The quantitative estimate of drug-likeness (QED) is 0.715. The van der Waals surface area contributed by atoms with Gasteiger partial charge in [-0.1, -0.05) is 18.2 Å². The van der Waals surface area contributed by atoms with Crippen molar-refractivity contribution in [2.45, 2.75) is 17.0 Å². The lowest BCUT2D eigenvalue weighted by Crippen LogP contribution is -2.01. The highest BCUT2D eigenvalue weighted by molar-refractivity contribution is 7.99. The van der Waals surface area contributed by atoms with Gasteiger partial charge in [0.05, 0.1) is 0 Å². The summed E-state index contributed by atoms with van der Waals surface area (Å²) >= 11 is 1.19. The molecular weight excluding hydrogens is 250 g/mol. The van der Waals surface area contributed by atoms with Crippen molar-refractivity contribution >= 4 is 22.7 Å². The van der Waals surface area contributed by atoms with Crippen LogP contribution in [0.3, 0.4) is 0 Å². The van der Waals surface area contributed by atoms with E-state index in [1.54, 1.807) is 19.1 Å². The number of para-hydroxylation sites is 1. The molecule has 3 rings (SSSR count). The van der Waals surface area contributed by atoms with Crippen molar-refractivity contribution < 1.29 is 4.42 Å². The van der Waals surface area contributed by atoms with Crippen LogP contribution in [-0.2, 0) is 0 Å². The molecule has 18 heavy (non-hydrogen) atoms. The third-order valence-electron chi connectivity index (χ3n) is 2.39. The first-order chi connectivity index (χ1) is 8.72. The van der Waals surface area contributed by atoms with E-state index in [2.05, 4.69) is 15.2 Å². The first kappa shape index (κ1) is 11.0. The van der Waals surface area contributed by atoms with Gasteiger partial charge in [-0.15, -0.1) is 5.10 Å². The summed E-state index contributed by atoms with van der Waals surface area (Å²) in [5, 5.41) is 8.10. The molecule has 0 aliphatic heterocycles. The standard InChI is InChI=1S/C12H9N3O2S/c1-7-13-12(15-14-7)18-10-6-8-4-2-3-5-9(8)17-11(10)16/h2-6H,1H3,(H,13,14,15). The van der Waals surface area contributed by atoms with Gasteiger partial charge in [-0.25, -0.2) is 9.78 Å². The summed E-state index contributed by atoms with van der Waals surface area (Å²) in [6, 6.07) is 9.18. The third-order valence-corrected chi connectivity index (χ3v) is 3.26. The number of hydrogen-bond donors (Lipinski definition) is 1. The molecule has 0 spiro atoms. The first-order valence-corrected chi connectivity index (χ1v) is 6.14. The lowest BCUT2D eigenvalue weighted by atomic mass is 10.2. The van der Waals surface area contributed by atoms with Crippen LogP contribution in [-0.4, -0.2) is 15.2 Å². The van der Waals surface area contributed by atoms with E-state index < -0.39 is 0 Å². The molecule has 0 saturated heterocycles. The van der Waals surface area contributed by atoms with Crippen LogP contribution in [0.5, 0.6) is 0 Å². The zero-order valence-corrected chi connectivity index (χ0v) is 10.3. The lowest BCUT2D eigenvalue weighted by Gasteiger charge is -1.98. The zero-order valence-electron chi connectivity index (χ0n) is 9.51.